The molecule has 0 N–H and O–H groups in total. The molecule has 1 aliphatic heterocycles. The second-order valence-corrected chi connectivity index (χ2v) is 8.84. The second kappa shape index (κ2) is 9.22. The fourth-order valence-electron chi connectivity index (χ4n) is 3.93. The van der Waals surface area contributed by atoms with E-state index in [2.05, 4.69) is 5.10 Å². The molecule has 1 saturated heterocycles. The molecule has 0 bridgehead atoms. The Bertz CT molecular complexity index is 1130. The van der Waals surface area contributed by atoms with E-state index in [0.29, 0.717) is 0 Å². The number of anilines is 1. The van der Waals surface area contributed by atoms with Crippen LogP contribution in [0.4, 0.5) is 32.4 Å². The van der Waals surface area contributed by atoms with Gasteiger partial charge < -0.3 is 14.4 Å². The van der Waals surface area contributed by atoms with Gasteiger partial charge in [0.25, 0.3) is 5.56 Å². The molecule has 12 heteroatoms. The average Bonchev–Trinajstić information content (AvgIpc) is 2.72. The van der Waals surface area contributed by atoms with Crippen molar-refractivity contribution in [3.63, 3.8) is 0 Å². The van der Waals surface area contributed by atoms with Crippen molar-refractivity contribution in [2.75, 3.05) is 25.1 Å². The van der Waals surface area contributed by atoms with Crippen molar-refractivity contribution < 1.29 is 36.2 Å². The normalized spacial score (nSPS) is 15.4. The lowest BCUT2D eigenvalue weighted by molar-refractivity contribution is -0.138. The summed E-state index contributed by atoms with van der Waals surface area (Å²) in [5.41, 5.74) is -4.73. The summed E-state index contributed by atoms with van der Waals surface area (Å²) >= 11 is 0. The van der Waals surface area contributed by atoms with Gasteiger partial charge in [0.05, 0.1) is 19.0 Å². The summed E-state index contributed by atoms with van der Waals surface area (Å²) in [7, 11) is 1.21. The zero-order valence-electron chi connectivity index (χ0n) is 19.0. The number of methoxy groups -OCH3 is 1. The van der Waals surface area contributed by atoms with E-state index in [1.165, 1.54) is 32.8 Å². The maximum absolute atomic E-state index is 14.4. The first-order valence-electron chi connectivity index (χ1n) is 10.4. The monoisotopic (exact) mass is 489 g/mol. The molecule has 0 spiro atoms. The smallest absolute Gasteiger partial charge is 0.438 e. The fourth-order valence-corrected chi connectivity index (χ4v) is 3.93. The minimum absolute atomic E-state index is 0.00439. The molecule has 0 unspecified atom stereocenters. The Labute approximate surface area is 192 Å². The van der Waals surface area contributed by atoms with Crippen LogP contribution in [0.15, 0.2) is 23.1 Å². The van der Waals surface area contributed by atoms with Crippen LogP contribution in [0.25, 0.3) is 0 Å². The van der Waals surface area contributed by atoms with E-state index in [9.17, 15) is 31.5 Å². The Morgan fingerprint density at radius 2 is 1.68 bits per heavy atom. The van der Waals surface area contributed by atoms with Gasteiger partial charge in [0, 0.05) is 18.7 Å². The Morgan fingerprint density at radius 3 is 2.21 bits per heavy atom. The van der Waals surface area contributed by atoms with Crippen LogP contribution in [0.3, 0.4) is 0 Å². The molecule has 7 nitrogen and oxygen atoms in total. The molecule has 0 atom stereocenters. The largest absolute Gasteiger partial charge is 0.493 e. The summed E-state index contributed by atoms with van der Waals surface area (Å²) in [5.74, 6) is -2.16. The van der Waals surface area contributed by atoms with Crippen LogP contribution >= 0.6 is 0 Å². The van der Waals surface area contributed by atoms with Crippen molar-refractivity contribution in [1.82, 2.24) is 9.78 Å². The highest BCUT2D eigenvalue weighted by atomic mass is 19.4. The van der Waals surface area contributed by atoms with Crippen LogP contribution in [-0.2, 0) is 10.9 Å². The van der Waals surface area contributed by atoms with Crippen LogP contribution in [0, 0.1) is 11.6 Å². The molecule has 0 aliphatic carbocycles. The number of hydrogen-bond acceptors (Lipinski definition) is 6. The van der Waals surface area contributed by atoms with Gasteiger partial charge in [-0.3, -0.25) is 4.79 Å². The first kappa shape index (κ1) is 25.4. The number of nitrogens with zero attached hydrogens (tertiary/aromatic N) is 3. The third kappa shape index (κ3) is 5.15. The third-order valence-electron chi connectivity index (χ3n) is 5.35. The molecule has 0 radical (unpaired) electrons. The molecule has 3 rings (SSSR count). The van der Waals surface area contributed by atoms with Crippen molar-refractivity contribution in [2.24, 2.45) is 0 Å². The van der Waals surface area contributed by atoms with Gasteiger partial charge in [-0.1, -0.05) is 0 Å². The highest BCUT2D eigenvalue weighted by Gasteiger charge is 2.41. The van der Waals surface area contributed by atoms with Gasteiger partial charge in [-0.15, -0.1) is 4.68 Å². The lowest BCUT2D eigenvalue weighted by atomic mass is 9.88. The zero-order valence-corrected chi connectivity index (χ0v) is 19.0. The number of rotatable bonds is 3. The topological polar surface area (TPSA) is 73.7 Å². The summed E-state index contributed by atoms with van der Waals surface area (Å²) in [4.78, 5) is 26.1. The van der Waals surface area contributed by atoms with Gasteiger partial charge in [-0.25, -0.2) is 13.6 Å². The van der Waals surface area contributed by atoms with Crippen LogP contribution in [0.2, 0.25) is 0 Å². The summed E-state index contributed by atoms with van der Waals surface area (Å²) in [6.45, 7) is 4.50. The quantitative estimate of drug-likeness (QED) is 0.582. The van der Waals surface area contributed by atoms with Gasteiger partial charge in [0.1, 0.15) is 17.0 Å². The number of alkyl halides is 3. The Hall–Kier alpha value is -3.18. The van der Waals surface area contributed by atoms with Crippen LogP contribution in [-0.4, -0.2) is 41.7 Å². The number of halogens is 5. The Morgan fingerprint density at radius 1 is 1.09 bits per heavy atom. The van der Waals surface area contributed by atoms with E-state index in [1.807, 2.05) is 0 Å². The Balaban J connectivity index is 1.92. The molecule has 34 heavy (non-hydrogen) atoms. The number of carbonyl (C=O) groups excluding carboxylic acids is 1. The van der Waals surface area contributed by atoms with Crippen molar-refractivity contribution in [2.45, 2.75) is 51.3 Å². The summed E-state index contributed by atoms with van der Waals surface area (Å²) in [5, 5.41) is 3.60. The van der Waals surface area contributed by atoms with E-state index in [4.69, 9.17) is 9.47 Å². The predicted molar refractivity (Wildman–Crippen MR) is 112 cm³/mol. The van der Waals surface area contributed by atoms with Crippen LogP contribution < -0.4 is 15.2 Å². The molecule has 1 fully saturated rings. The number of piperidine rings is 1. The maximum atomic E-state index is 14.4. The predicted octanol–water partition coefficient (Wildman–Crippen LogP) is 4.72. The van der Waals surface area contributed by atoms with Crippen LogP contribution in [0.1, 0.15) is 50.7 Å². The van der Waals surface area contributed by atoms with E-state index >= 15 is 0 Å². The summed E-state index contributed by atoms with van der Waals surface area (Å²) in [6.07, 6.45) is -5.28. The molecule has 2 aromatic rings. The van der Waals surface area contributed by atoms with E-state index < -0.39 is 52.2 Å². The Kier molecular flexibility index (Phi) is 6.90. The van der Waals surface area contributed by atoms with Crippen molar-refractivity contribution in [3.8, 4) is 5.75 Å². The molecular formula is C22H24F5N3O4. The minimum atomic E-state index is -5.08. The number of ether oxygens (including phenoxy) is 2. The lowest BCUT2D eigenvalue weighted by Crippen LogP contribution is -2.42. The molecular weight excluding hydrogens is 465 g/mol. The van der Waals surface area contributed by atoms with E-state index in [1.54, 1.807) is 0 Å². The first-order chi connectivity index (χ1) is 15.7. The highest BCUT2D eigenvalue weighted by Crippen LogP contribution is 2.40. The van der Waals surface area contributed by atoms with E-state index in [-0.39, 0.29) is 41.9 Å². The molecule has 186 valence electrons. The number of aromatic nitrogens is 2. The maximum Gasteiger partial charge on any atom is 0.438 e. The second-order valence-electron chi connectivity index (χ2n) is 8.84. The minimum Gasteiger partial charge on any atom is -0.493 e. The van der Waals surface area contributed by atoms with Crippen molar-refractivity contribution in [3.05, 3.63) is 51.4 Å². The van der Waals surface area contributed by atoms with Gasteiger partial charge in [-0.05, 0) is 51.7 Å². The number of benzene rings is 1. The standard InChI is InChI=1S/C22H24F5N3O4/c1-21(2,3)34-20(32)30-19(31)17(22(25,26)27)15(11-28-30)29-9-7-12(8-10-29)16-13(23)5-6-14(24)18(16)33-4/h5-6,11-12H,7-10H2,1-4H3. The van der Waals surface area contributed by atoms with Gasteiger partial charge >= 0.3 is 12.3 Å². The van der Waals surface area contributed by atoms with Crippen LogP contribution in [0.5, 0.6) is 5.75 Å². The zero-order chi connectivity index (χ0) is 25.4. The fraction of sp³-hybridized carbons (Fsp3) is 0.500. The highest BCUT2D eigenvalue weighted by molar-refractivity contribution is 5.70. The van der Waals surface area contributed by atoms with Gasteiger partial charge in [0.2, 0.25) is 0 Å². The molecule has 0 saturated carbocycles. The van der Waals surface area contributed by atoms with Gasteiger partial charge in [-0.2, -0.15) is 18.3 Å². The molecule has 1 aromatic heterocycles. The average molecular weight is 489 g/mol. The number of hydrogen-bond donors (Lipinski definition) is 0. The first-order valence-corrected chi connectivity index (χ1v) is 10.4. The van der Waals surface area contributed by atoms with Crippen molar-refractivity contribution in [1.29, 1.82) is 0 Å². The lowest BCUT2D eigenvalue weighted by Gasteiger charge is -2.35. The molecule has 2 heterocycles. The molecule has 1 aromatic carbocycles. The SMILES string of the molecule is COc1c(F)ccc(F)c1C1CCN(c2cnn(C(=O)OC(C)(C)C)c(=O)c2C(F)(F)F)CC1. The van der Waals surface area contributed by atoms with E-state index in [0.717, 1.165) is 18.3 Å². The molecule has 1 aliphatic rings. The van der Waals surface area contributed by atoms with Gasteiger partial charge in [0.15, 0.2) is 11.6 Å². The van der Waals surface area contributed by atoms with Crippen molar-refractivity contribution >= 4 is 11.8 Å². The number of carbonyl (C=O) groups is 1. The molecule has 0 amide bonds. The third-order valence-corrected chi connectivity index (χ3v) is 5.35. The summed E-state index contributed by atoms with van der Waals surface area (Å²) < 4.78 is 80.0. The summed E-state index contributed by atoms with van der Waals surface area (Å²) in [6, 6.07) is 1.91.